The first-order valence-electron chi connectivity index (χ1n) is 7.82. The van der Waals surface area contributed by atoms with Crippen LogP contribution in [0.3, 0.4) is 0 Å². The van der Waals surface area contributed by atoms with Crippen molar-refractivity contribution in [1.82, 2.24) is 15.2 Å². The molecule has 0 saturated heterocycles. The van der Waals surface area contributed by atoms with Gasteiger partial charge in [-0.2, -0.15) is 4.98 Å². The van der Waals surface area contributed by atoms with Gasteiger partial charge in [0.25, 0.3) is 0 Å². The Labute approximate surface area is 148 Å². The van der Waals surface area contributed by atoms with Gasteiger partial charge in [-0.05, 0) is 24.6 Å². The molecule has 0 bridgehead atoms. The lowest BCUT2D eigenvalue weighted by Crippen LogP contribution is -2.24. The quantitative estimate of drug-likeness (QED) is 0.583. The first-order valence-corrected chi connectivity index (χ1v) is 9.59. The van der Waals surface area contributed by atoms with Crippen LogP contribution < -0.4 is 10.1 Å². The van der Waals surface area contributed by atoms with E-state index in [1.165, 1.54) is 0 Å². The van der Waals surface area contributed by atoms with Crippen LogP contribution in [-0.2, 0) is 0 Å². The number of rotatable bonds is 5. The summed E-state index contributed by atoms with van der Waals surface area (Å²) in [6.45, 7) is 4.25. The van der Waals surface area contributed by atoms with Gasteiger partial charge in [0.05, 0.1) is 0 Å². The zero-order chi connectivity index (χ0) is 16.2. The molecule has 1 N–H and O–H groups in total. The predicted octanol–water partition coefficient (Wildman–Crippen LogP) is 4.73. The molecule has 0 unspecified atom stereocenters. The van der Waals surface area contributed by atoms with Gasteiger partial charge in [0, 0.05) is 27.9 Å². The number of ether oxygens (including phenoxy) is 1. The molecule has 0 saturated carbocycles. The molecular weight excluding hydrogens is 376 g/mol. The molecule has 5 nitrogen and oxygen atoms in total. The first kappa shape index (κ1) is 16.5. The van der Waals surface area contributed by atoms with E-state index in [0.29, 0.717) is 16.7 Å². The van der Waals surface area contributed by atoms with E-state index in [1.807, 2.05) is 18.2 Å². The molecule has 0 aliphatic carbocycles. The fraction of sp³-hybridized carbons (Fsp3) is 0.438. The van der Waals surface area contributed by atoms with Crippen LogP contribution in [0.2, 0.25) is 0 Å². The number of benzene rings is 1. The standard InChI is InChI=1S/C16H19BrN4OS/c1-3-5-8-23-16-19-15-14(20-21-16)11-9-10(17)6-7-12(11)18-13(4-2)22-15/h6-7,9,13,18H,3-5,8H2,1-2H3/t13-/m1/s1. The van der Waals surface area contributed by atoms with E-state index in [4.69, 9.17) is 4.74 Å². The van der Waals surface area contributed by atoms with Crippen molar-refractivity contribution < 1.29 is 4.74 Å². The van der Waals surface area contributed by atoms with Gasteiger partial charge in [-0.1, -0.05) is 48.0 Å². The third-order valence-corrected chi connectivity index (χ3v) is 4.96. The molecule has 1 atom stereocenters. The molecule has 0 radical (unpaired) electrons. The van der Waals surface area contributed by atoms with E-state index in [1.54, 1.807) is 11.8 Å². The largest absolute Gasteiger partial charge is 0.452 e. The van der Waals surface area contributed by atoms with E-state index >= 15 is 0 Å². The number of unbranched alkanes of at least 4 members (excludes halogenated alkanes) is 1. The van der Waals surface area contributed by atoms with Crippen molar-refractivity contribution in [1.29, 1.82) is 0 Å². The van der Waals surface area contributed by atoms with Gasteiger partial charge in [0.2, 0.25) is 11.0 Å². The normalized spacial score (nSPS) is 15.9. The lowest BCUT2D eigenvalue weighted by molar-refractivity contribution is 0.216. The molecule has 0 fully saturated rings. The third kappa shape index (κ3) is 3.77. The minimum absolute atomic E-state index is 0.124. The van der Waals surface area contributed by atoms with Crippen LogP contribution in [0.25, 0.3) is 11.3 Å². The highest BCUT2D eigenvalue weighted by Crippen LogP contribution is 2.38. The van der Waals surface area contributed by atoms with Crippen LogP contribution in [0.15, 0.2) is 27.8 Å². The summed E-state index contributed by atoms with van der Waals surface area (Å²) in [5.74, 6) is 1.55. The van der Waals surface area contributed by atoms with Crippen molar-refractivity contribution in [2.45, 2.75) is 44.5 Å². The minimum atomic E-state index is -0.124. The second kappa shape index (κ2) is 7.49. The van der Waals surface area contributed by atoms with Crippen molar-refractivity contribution in [3.8, 4) is 17.1 Å². The topological polar surface area (TPSA) is 59.9 Å². The molecule has 122 valence electrons. The molecule has 1 aromatic carbocycles. The van der Waals surface area contributed by atoms with Crippen LogP contribution in [-0.4, -0.2) is 27.2 Å². The van der Waals surface area contributed by atoms with Gasteiger partial charge in [-0.25, -0.2) is 0 Å². The third-order valence-electron chi connectivity index (χ3n) is 3.54. The maximum absolute atomic E-state index is 6.02. The van der Waals surface area contributed by atoms with Crippen LogP contribution in [0.4, 0.5) is 5.69 Å². The van der Waals surface area contributed by atoms with Gasteiger partial charge in [0.1, 0.15) is 0 Å². The fourth-order valence-electron chi connectivity index (χ4n) is 2.28. The van der Waals surface area contributed by atoms with Crippen LogP contribution in [0.5, 0.6) is 5.88 Å². The summed E-state index contributed by atoms with van der Waals surface area (Å²) in [5.41, 5.74) is 2.63. The number of thioether (sulfide) groups is 1. The van der Waals surface area contributed by atoms with Crippen LogP contribution in [0, 0.1) is 0 Å². The van der Waals surface area contributed by atoms with Crippen molar-refractivity contribution in [2.24, 2.45) is 0 Å². The molecule has 2 aromatic rings. The molecule has 23 heavy (non-hydrogen) atoms. The van der Waals surface area contributed by atoms with E-state index in [9.17, 15) is 0 Å². The van der Waals surface area contributed by atoms with Gasteiger partial charge in [-0.15, -0.1) is 10.2 Å². The van der Waals surface area contributed by atoms with Crippen molar-refractivity contribution in [3.05, 3.63) is 22.7 Å². The SMILES string of the molecule is CCCCSc1nnc2c(n1)O[C@H](CC)Nc1ccc(Br)cc1-2. The van der Waals surface area contributed by atoms with Gasteiger partial charge < -0.3 is 10.1 Å². The summed E-state index contributed by atoms with van der Waals surface area (Å²) >= 11 is 5.14. The Morgan fingerprint density at radius 2 is 2.17 bits per heavy atom. The Kier molecular flexibility index (Phi) is 5.38. The minimum Gasteiger partial charge on any atom is -0.452 e. The number of nitrogens with one attached hydrogen (secondary N) is 1. The summed E-state index contributed by atoms with van der Waals surface area (Å²) in [5, 5.41) is 12.7. The van der Waals surface area contributed by atoms with E-state index in [-0.39, 0.29) is 6.23 Å². The summed E-state index contributed by atoms with van der Waals surface area (Å²) in [4.78, 5) is 4.58. The van der Waals surface area contributed by atoms with Crippen LogP contribution in [0.1, 0.15) is 33.1 Å². The zero-order valence-corrected chi connectivity index (χ0v) is 15.6. The highest BCUT2D eigenvalue weighted by atomic mass is 79.9. The van der Waals surface area contributed by atoms with Crippen molar-refractivity contribution in [3.63, 3.8) is 0 Å². The molecule has 7 heteroatoms. The summed E-state index contributed by atoms with van der Waals surface area (Å²) < 4.78 is 7.01. The highest BCUT2D eigenvalue weighted by Gasteiger charge is 2.24. The van der Waals surface area contributed by atoms with Gasteiger partial charge in [0.15, 0.2) is 11.9 Å². The Morgan fingerprint density at radius 3 is 2.96 bits per heavy atom. The average molecular weight is 395 g/mol. The molecule has 1 aliphatic heterocycles. The fourth-order valence-corrected chi connectivity index (χ4v) is 3.50. The Morgan fingerprint density at radius 1 is 1.30 bits per heavy atom. The Balaban J connectivity index is 1.99. The lowest BCUT2D eigenvalue weighted by atomic mass is 10.1. The number of fused-ring (bicyclic) bond motifs is 3. The number of nitrogens with zero attached hydrogens (tertiary/aromatic N) is 3. The summed E-state index contributed by atoms with van der Waals surface area (Å²) in [6, 6.07) is 6.04. The maximum Gasteiger partial charge on any atom is 0.247 e. The zero-order valence-electron chi connectivity index (χ0n) is 13.2. The average Bonchev–Trinajstić information content (AvgIpc) is 2.71. The molecular formula is C16H19BrN4OS. The number of hydrogen-bond acceptors (Lipinski definition) is 6. The predicted molar refractivity (Wildman–Crippen MR) is 96.9 cm³/mol. The van der Waals surface area contributed by atoms with Crippen LogP contribution >= 0.6 is 27.7 Å². The molecule has 2 heterocycles. The molecule has 1 aliphatic rings. The first-order chi connectivity index (χ1) is 11.2. The number of aromatic nitrogens is 3. The molecule has 3 rings (SSSR count). The van der Waals surface area contributed by atoms with E-state index in [2.05, 4.69) is 50.3 Å². The molecule has 0 spiro atoms. The lowest BCUT2D eigenvalue weighted by Gasteiger charge is -2.16. The summed E-state index contributed by atoms with van der Waals surface area (Å²) in [7, 11) is 0. The van der Waals surface area contributed by atoms with E-state index in [0.717, 1.165) is 40.7 Å². The second-order valence-corrected chi connectivity index (χ2v) is 7.28. The highest BCUT2D eigenvalue weighted by molar-refractivity contribution is 9.10. The smallest absolute Gasteiger partial charge is 0.247 e. The Hall–Kier alpha value is -1.34. The van der Waals surface area contributed by atoms with Crippen molar-refractivity contribution >= 4 is 33.4 Å². The molecule has 0 amide bonds. The van der Waals surface area contributed by atoms with Crippen molar-refractivity contribution in [2.75, 3.05) is 11.1 Å². The maximum atomic E-state index is 6.02. The molecule has 1 aromatic heterocycles. The second-order valence-electron chi connectivity index (χ2n) is 5.30. The Bertz CT molecular complexity index is 698. The van der Waals surface area contributed by atoms with Gasteiger partial charge >= 0.3 is 0 Å². The number of hydrogen-bond donors (Lipinski definition) is 1. The van der Waals surface area contributed by atoms with Gasteiger partial charge in [-0.3, -0.25) is 0 Å². The summed E-state index contributed by atoms with van der Waals surface area (Å²) in [6.07, 6.45) is 3.00. The monoisotopic (exact) mass is 394 g/mol. The number of anilines is 1. The number of halogens is 1. The van der Waals surface area contributed by atoms with E-state index < -0.39 is 0 Å².